The fourth-order valence-corrected chi connectivity index (χ4v) is 3.93. The third-order valence-corrected chi connectivity index (χ3v) is 5.02. The van der Waals surface area contributed by atoms with Crippen molar-refractivity contribution in [3.8, 4) is 0 Å². The number of hydrogen-bond donors (Lipinski definition) is 2. The molecule has 0 saturated heterocycles. The van der Waals surface area contributed by atoms with E-state index in [0.29, 0.717) is 12.8 Å². The molecule has 0 amide bonds. The first-order chi connectivity index (χ1) is 11.0. The van der Waals surface area contributed by atoms with Gasteiger partial charge in [0.1, 0.15) is 11.0 Å². The Labute approximate surface area is 136 Å². The van der Waals surface area contributed by atoms with Gasteiger partial charge in [-0.25, -0.2) is 9.97 Å². The molecule has 2 heterocycles. The van der Waals surface area contributed by atoms with Crippen molar-refractivity contribution >= 4 is 42.4 Å². The Balaban J connectivity index is 2.67. The molecule has 1 aromatic carbocycles. The summed E-state index contributed by atoms with van der Waals surface area (Å²) < 4.78 is 76.6. The van der Waals surface area contributed by atoms with Gasteiger partial charge < -0.3 is 8.83 Å². The summed E-state index contributed by atoms with van der Waals surface area (Å²) in [6.07, 6.45) is 0.876. The van der Waals surface area contributed by atoms with Crippen LogP contribution < -0.4 is 0 Å². The highest BCUT2D eigenvalue weighted by molar-refractivity contribution is 7.87. The smallest absolute Gasteiger partial charge is 0.300 e. The van der Waals surface area contributed by atoms with Crippen LogP contribution in [-0.2, 0) is 26.7 Å². The van der Waals surface area contributed by atoms with E-state index in [9.17, 15) is 25.9 Å². The van der Waals surface area contributed by atoms with Crippen molar-refractivity contribution in [2.75, 3.05) is 0 Å². The molecule has 0 spiro atoms. The Hall–Kier alpha value is -2.02. The second-order valence-electron chi connectivity index (χ2n) is 5.05. The van der Waals surface area contributed by atoms with E-state index in [0.717, 1.165) is 0 Å². The zero-order valence-electron chi connectivity index (χ0n) is 12.5. The molecule has 2 aromatic heterocycles. The van der Waals surface area contributed by atoms with Gasteiger partial charge in [0.25, 0.3) is 0 Å². The van der Waals surface area contributed by atoms with Gasteiger partial charge in [0.2, 0.25) is 0 Å². The molecule has 24 heavy (non-hydrogen) atoms. The van der Waals surface area contributed by atoms with Gasteiger partial charge in [-0.2, -0.15) is 16.8 Å². The molecule has 2 N–H and O–H groups in total. The van der Waals surface area contributed by atoms with Crippen LogP contribution in [-0.4, -0.2) is 35.9 Å². The molecule has 0 aliphatic heterocycles. The van der Waals surface area contributed by atoms with E-state index in [1.54, 1.807) is 6.92 Å². The lowest BCUT2D eigenvalue weighted by atomic mass is 10.3. The highest BCUT2D eigenvalue weighted by Gasteiger charge is 2.34. The Morgan fingerprint density at radius 1 is 0.917 bits per heavy atom. The van der Waals surface area contributed by atoms with E-state index in [4.69, 9.17) is 8.83 Å². The molecule has 130 valence electrons. The van der Waals surface area contributed by atoms with Crippen molar-refractivity contribution in [3.63, 3.8) is 0 Å². The molecular weight excluding hydrogens is 364 g/mol. The Morgan fingerprint density at radius 2 is 1.42 bits per heavy atom. The number of hydrogen-bond acceptors (Lipinski definition) is 8. The Morgan fingerprint density at radius 3 is 1.92 bits per heavy atom. The first kappa shape index (κ1) is 16.8. The minimum Gasteiger partial charge on any atom is -0.439 e. The first-order valence-corrected chi connectivity index (χ1v) is 9.59. The molecule has 0 atom stereocenters. The topological polar surface area (TPSA) is 161 Å². The van der Waals surface area contributed by atoms with Crippen LogP contribution >= 0.6 is 0 Å². The molecule has 0 aliphatic rings. The van der Waals surface area contributed by atoms with E-state index in [1.165, 1.54) is 6.92 Å². The fraction of sp³-hybridized carbons (Fsp3) is 0.333. The van der Waals surface area contributed by atoms with Gasteiger partial charge in [-0.1, -0.05) is 6.92 Å². The van der Waals surface area contributed by atoms with Crippen LogP contribution in [0.2, 0.25) is 0 Å². The third kappa shape index (κ3) is 2.56. The van der Waals surface area contributed by atoms with Crippen LogP contribution in [0.15, 0.2) is 18.6 Å². The SMILES string of the molecule is CCCc1nc2c(S(=O)(=O)O)c3oc(C)nc3c(S(=O)(=O)O)c2o1. The standard InChI is InChI=1S/C12H12N2O8S2/c1-3-4-6-14-8-10(22-6)11(23(15,16)17)7-9(21-5(2)13-7)12(8)24(18,19)20/h3-4H2,1-2H3,(H,15,16,17)(H,18,19,20). The molecule has 3 rings (SSSR count). The third-order valence-electron chi connectivity index (χ3n) is 3.23. The van der Waals surface area contributed by atoms with Crippen LogP contribution in [0.4, 0.5) is 0 Å². The van der Waals surface area contributed by atoms with Crippen molar-refractivity contribution in [2.45, 2.75) is 36.5 Å². The van der Waals surface area contributed by atoms with Crippen LogP contribution in [0.25, 0.3) is 22.2 Å². The second kappa shape index (κ2) is 5.24. The molecule has 0 fully saturated rings. The minimum absolute atomic E-state index is 0.0478. The van der Waals surface area contributed by atoms with Crippen LogP contribution in [0.1, 0.15) is 25.1 Å². The molecule has 0 unspecified atom stereocenters. The predicted octanol–water partition coefficient (Wildman–Crippen LogP) is 1.72. The summed E-state index contributed by atoms with van der Waals surface area (Å²) in [5, 5.41) is 0. The van der Waals surface area contributed by atoms with Gasteiger partial charge in [-0.3, -0.25) is 9.11 Å². The lowest BCUT2D eigenvalue weighted by molar-refractivity contribution is 0.475. The summed E-state index contributed by atoms with van der Waals surface area (Å²) in [5.41, 5.74) is -1.94. The summed E-state index contributed by atoms with van der Waals surface area (Å²) >= 11 is 0. The maximum atomic E-state index is 11.8. The summed E-state index contributed by atoms with van der Waals surface area (Å²) in [7, 11) is -9.68. The number of aromatic nitrogens is 2. The highest BCUT2D eigenvalue weighted by atomic mass is 32.2. The predicted molar refractivity (Wildman–Crippen MR) is 79.9 cm³/mol. The van der Waals surface area contributed by atoms with Crippen LogP contribution in [0.5, 0.6) is 0 Å². The summed E-state index contributed by atoms with van der Waals surface area (Å²) in [4.78, 5) is 6.21. The molecule has 0 bridgehead atoms. The van der Waals surface area contributed by atoms with E-state index in [1.807, 2.05) is 0 Å². The lowest BCUT2D eigenvalue weighted by Gasteiger charge is -2.03. The number of fused-ring (bicyclic) bond motifs is 2. The lowest BCUT2D eigenvalue weighted by Crippen LogP contribution is -2.05. The average Bonchev–Trinajstić information content (AvgIpc) is 2.94. The molecule has 0 aliphatic carbocycles. The maximum Gasteiger partial charge on any atom is 0.300 e. The van der Waals surface area contributed by atoms with Gasteiger partial charge >= 0.3 is 20.2 Å². The summed E-state index contributed by atoms with van der Waals surface area (Å²) in [5.74, 6) is -0.0205. The summed E-state index contributed by atoms with van der Waals surface area (Å²) in [6.45, 7) is 3.15. The van der Waals surface area contributed by atoms with E-state index in [-0.39, 0.29) is 11.8 Å². The van der Waals surface area contributed by atoms with Gasteiger partial charge in [0, 0.05) is 13.3 Å². The van der Waals surface area contributed by atoms with Gasteiger partial charge in [-0.05, 0) is 6.42 Å². The number of oxazole rings is 2. The number of rotatable bonds is 4. The van der Waals surface area contributed by atoms with E-state index in [2.05, 4.69) is 9.97 Å². The van der Waals surface area contributed by atoms with Crippen molar-refractivity contribution in [1.82, 2.24) is 9.97 Å². The fourth-order valence-electron chi connectivity index (χ4n) is 2.42. The quantitative estimate of drug-likeness (QED) is 0.641. The van der Waals surface area contributed by atoms with Gasteiger partial charge in [0.15, 0.2) is 32.7 Å². The van der Waals surface area contributed by atoms with Crippen molar-refractivity contribution in [1.29, 1.82) is 0 Å². The Kier molecular flexibility index (Phi) is 3.67. The van der Waals surface area contributed by atoms with E-state index >= 15 is 0 Å². The summed E-state index contributed by atoms with van der Waals surface area (Å²) in [6, 6.07) is 0. The normalized spacial score (nSPS) is 13.2. The minimum atomic E-state index is -4.84. The van der Waals surface area contributed by atoms with Crippen molar-refractivity contribution in [3.05, 3.63) is 11.8 Å². The largest absolute Gasteiger partial charge is 0.439 e. The van der Waals surface area contributed by atoms with Crippen molar-refractivity contribution in [2.24, 2.45) is 0 Å². The molecule has 0 radical (unpaired) electrons. The zero-order valence-corrected chi connectivity index (χ0v) is 14.1. The highest BCUT2D eigenvalue weighted by Crippen LogP contribution is 2.38. The molecule has 3 aromatic rings. The van der Waals surface area contributed by atoms with Gasteiger partial charge in [-0.15, -0.1) is 0 Å². The monoisotopic (exact) mass is 376 g/mol. The second-order valence-corrected chi connectivity index (χ2v) is 7.77. The average molecular weight is 376 g/mol. The molecule has 0 saturated carbocycles. The maximum absolute atomic E-state index is 11.8. The Bertz CT molecular complexity index is 1080. The zero-order chi connectivity index (χ0) is 17.9. The number of nitrogens with zero attached hydrogens (tertiary/aromatic N) is 2. The van der Waals surface area contributed by atoms with Crippen molar-refractivity contribution < 1.29 is 34.8 Å². The molecular formula is C12H12N2O8S2. The van der Waals surface area contributed by atoms with Gasteiger partial charge in [0.05, 0.1) is 0 Å². The van der Waals surface area contributed by atoms with Crippen LogP contribution in [0, 0.1) is 6.92 Å². The molecule has 10 nitrogen and oxygen atoms in total. The number of benzene rings is 1. The number of aryl methyl sites for hydroxylation is 2. The van der Waals surface area contributed by atoms with E-state index < -0.39 is 52.2 Å². The first-order valence-electron chi connectivity index (χ1n) is 6.71. The van der Waals surface area contributed by atoms with Crippen LogP contribution in [0.3, 0.4) is 0 Å². The molecule has 12 heteroatoms.